The van der Waals surface area contributed by atoms with Gasteiger partial charge in [0.05, 0.1) is 17.7 Å². The quantitative estimate of drug-likeness (QED) is 0.462. The smallest absolute Gasteiger partial charge is 0.225 e. The molecule has 0 radical (unpaired) electrons. The monoisotopic (exact) mass is 410 g/mol. The summed E-state index contributed by atoms with van der Waals surface area (Å²) in [6.45, 7) is 1.23. The molecule has 29 heavy (non-hydrogen) atoms. The van der Waals surface area contributed by atoms with Crippen molar-refractivity contribution in [1.82, 2.24) is 19.7 Å². The molecule has 0 spiro atoms. The maximum absolute atomic E-state index is 6.32. The molecule has 8 nitrogen and oxygen atoms in total. The third-order valence-corrected chi connectivity index (χ3v) is 5.56. The second-order valence-corrected chi connectivity index (χ2v) is 7.49. The summed E-state index contributed by atoms with van der Waals surface area (Å²) in [5, 5.41) is 6.19. The van der Waals surface area contributed by atoms with Gasteiger partial charge in [-0.2, -0.15) is 5.10 Å². The zero-order chi connectivity index (χ0) is 19.5. The van der Waals surface area contributed by atoms with Crippen molar-refractivity contribution in [2.75, 3.05) is 13.2 Å². The number of benzene rings is 1. The highest BCUT2D eigenvalue weighted by atomic mass is 32.1. The number of aromatic nitrogens is 4. The molecule has 1 aliphatic rings. The van der Waals surface area contributed by atoms with Gasteiger partial charge in [-0.05, 0) is 35.7 Å². The number of nitrogens with zero attached hydrogens (tertiary/aromatic N) is 4. The lowest BCUT2D eigenvalue weighted by Crippen LogP contribution is -2.33. The van der Waals surface area contributed by atoms with Gasteiger partial charge in [-0.25, -0.2) is 14.6 Å². The molecule has 2 unspecified atom stereocenters. The Morgan fingerprint density at radius 2 is 2.17 bits per heavy atom. The van der Waals surface area contributed by atoms with Gasteiger partial charge in [0.1, 0.15) is 43.9 Å². The number of hydrogen-bond acceptors (Lipinski definition) is 8. The van der Waals surface area contributed by atoms with Crippen molar-refractivity contribution in [1.29, 1.82) is 0 Å². The van der Waals surface area contributed by atoms with Crippen LogP contribution in [-0.4, -0.2) is 39.1 Å². The Hall–Kier alpha value is -3.01. The first-order valence-corrected chi connectivity index (χ1v) is 10.00. The molecule has 1 saturated heterocycles. The molecule has 2 atom stereocenters. The van der Waals surface area contributed by atoms with Crippen LogP contribution >= 0.6 is 11.3 Å². The van der Waals surface area contributed by atoms with Crippen LogP contribution in [0.2, 0.25) is 0 Å². The van der Waals surface area contributed by atoms with Crippen LogP contribution in [0.1, 0.15) is 4.88 Å². The fourth-order valence-corrected chi connectivity index (χ4v) is 4.02. The third kappa shape index (κ3) is 3.80. The number of ether oxygens (including phenoxy) is 3. The Kier molecular flexibility index (Phi) is 4.84. The Morgan fingerprint density at radius 1 is 1.24 bits per heavy atom. The van der Waals surface area contributed by atoms with Crippen LogP contribution in [0.4, 0.5) is 0 Å². The van der Waals surface area contributed by atoms with Crippen molar-refractivity contribution in [3.8, 4) is 17.2 Å². The molecule has 9 heteroatoms. The molecule has 0 amide bonds. The van der Waals surface area contributed by atoms with Gasteiger partial charge in [0.25, 0.3) is 0 Å². The van der Waals surface area contributed by atoms with Gasteiger partial charge < -0.3 is 18.6 Å². The summed E-state index contributed by atoms with van der Waals surface area (Å²) in [6.07, 6.45) is 6.13. The van der Waals surface area contributed by atoms with Crippen LogP contribution in [0.3, 0.4) is 0 Å². The maximum atomic E-state index is 6.32. The van der Waals surface area contributed by atoms with Crippen LogP contribution in [0.25, 0.3) is 11.5 Å². The Morgan fingerprint density at radius 3 is 2.90 bits per heavy atom. The zero-order valence-corrected chi connectivity index (χ0v) is 16.2. The topological polar surface area (TPSA) is 84.4 Å². The van der Waals surface area contributed by atoms with Crippen molar-refractivity contribution in [3.05, 3.63) is 71.8 Å². The fourth-order valence-electron chi connectivity index (χ4n) is 3.21. The molecule has 1 aromatic carbocycles. The Balaban J connectivity index is 1.25. The van der Waals surface area contributed by atoms with Crippen LogP contribution in [0.5, 0.6) is 5.75 Å². The lowest BCUT2D eigenvalue weighted by atomic mass is 10.2. The SMILES string of the molecule is c1csc(C2(Cn3cncn3)OCC(COc3ccc(-c4ncco4)cc3)O2)c1. The molecule has 4 aromatic rings. The van der Waals surface area contributed by atoms with Gasteiger partial charge in [-0.3, -0.25) is 0 Å². The standard InChI is InChI=1S/C20H18N4O4S/c1-2-18(29-9-1)20(12-24-14-21-13-23-24)27-11-17(28-20)10-26-16-5-3-15(4-6-16)19-22-7-8-25-19/h1-9,13-14,17H,10-12H2. The molecule has 1 fully saturated rings. The van der Waals surface area contributed by atoms with E-state index in [4.69, 9.17) is 18.6 Å². The first kappa shape index (κ1) is 18.0. The van der Waals surface area contributed by atoms with E-state index in [1.54, 1.807) is 34.8 Å². The van der Waals surface area contributed by atoms with Crippen molar-refractivity contribution in [3.63, 3.8) is 0 Å². The summed E-state index contributed by atoms with van der Waals surface area (Å²) in [7, 11) is 0. The normalized spacial score (nSPS) is 21.4. The molecule has 0 N–H and O–H groups in total. The summed E-state index contributed by atoms with van der Waals surface area (Å²) in [4.78, 5) is 9.14. The second-order valence-electron chi connectivity index (χ2n) is 6.55. The first-order valence-electron chi connectivity index (χ1n) is 9.12. The third-order valence-electron chi connectivity index (χ3n) is 4.56. The van der Waals surface area contributed by atoms with E-state index in [1.165, 1.54) is 6.33 Å². The van der Waals surface area contributed by atoms with E-state index in [0.717, 1.165) is 16.2 Å². The lowest BCUT2D eigenvalue weighted by molar-refractivity contribution is -0.188. The minimum atomic E-state index is -0.884. The predicted molar refractivity (Wildman–Crippen MR) is 104 cm³/mol. The molecule has 0 aliphatic carbocycles. The van der Waals surface area contributed by atoms with Gasteiger partial charge in [0.15, 0.2) is 0 Å². The number of thiophene rings is 1. The van der Waals surface area contributed by atoms with Crippen molar-refractivity contribution in [2.45, 2.75) is 18.4 Å². The molecule has 5 rings (SSSR count). The van der Waals surface area contributed by atoms with Gasteiger partial charge in [0, 0.05) is 5.56 Å². The fraction of sp³-hybridized carbons (Fsp3) is 0.250. The van der Waals surface area contributed by atoms with E-state index >= 15 is 0 Å². The van der Waals surface area contributed by atoms with Gasteiger partial charge in [-0.15, -0.1) is 11.3 Å². The molecule has 3 aromatic heterocycles. The summed E-state index contributed by atoms with van der Waals surface area (Å²) in [5.41, 5.74) is 0.896. The van der Waals surface area contributed by atoms with Crippen molar-refractivity contribution in [2.24, 2.45) is 0 Å². The minimum Gasteiger partial charge on any atom is -0.491 e. The van der Waals surface area contributed by atoms with Crippen molar-refractivity contribution >= 4 is 11.3 Å². The van der Waals surface area contributed by atoms with E-state index in [2.05, 4.69) is 15.1 Å². The molecular formula is C20H18N4O4S. The molecule has 0 saturated carbocycles. The number of hydrogen-bond donors (Lipinski definition) is 0. The van der Waals surface area contributed by atoms with Gasteiger partial charge >= 0.3 is 0 Å². The van der Waals surface area contributed by atoms with E-state index < -0.39 is 5.79 Å². The van der Waals surface area contributed by atoms with Gasteiger partial charge in [-0.1, -0.05) is 6.07 Å². The molecule has 4 heterocycles. The van der Waals surface area contributed by atoms with E-state index in [-0.39, 0.29) is 6.10 Å². The molecule has 148 valence electrons. The maximum Gasteiger partial charge on any atom is 0.225 e. The lowest BCUT2D eigenvalue weighted by Gasteiger charge is -2.26. The van der Waals surface area contributed by atoms with Crippen LogP contribution in [0, 0.1) is 0 Å². The zero-order valence-electron chi connectivity index (χ0n) is 15.4. The number of oxazole rings is 1. The summed E-state index contributed by atoms with van der Waals surface area (Å²) in [6, 6.07) is 11.6. The van der Waals surface area contributed by atoms with Crippen LogP contribution in [-0.2, 0) is 21.8 Å². The second kappa shape index (κ2) is 7.78. The highest BCUT2D eigenvalue weighted by Crippen LogP contribution is 2.38. The minimum absolute atomic E-state index is 0.202. The number of rotatable bonds is 7. The highest BCUT2D eigenvalue weighted by Gasteiger charge is 2.45. The van der Waals surface area contributed by atoms with E-state index in [0.29, 0.717) is 25.6 Å². The Bertz CT molecular complexity index is 1020. The van der Waals surface area contributed by atoms with Crippen LogP contribution in [0.15, 0.2) is 71.3 Å². The predicted octanol–water partition coefficient (Wildman–Crippen LogP) is 3.34. The summed E-state index contributed by atoms with van der Waals surface area (Å²) >= 11 is 1.59. The molecular weight excluding hydrogens is 392 g/mol. The molecule has 1 aliphatic heterocycles. The van der Waals surface area contributed by atoms with Crippen LogP contribution < -0.4 is 4.74 Å². The summed E-state index contributed by atoms with van der Waals surface area (Å²) in [5.74, 6) is 0.441. The van der Waals surface area contributed by atoms with Crippen molar-refractivity contribution < 1.29 is 18.6 Å². The average Bonchev–Trinajstić information content (AvgIpc) is 3.56. The van der Waals surface area contributed by atoms with Gasteiger partial charge in [0.2, 0.25) is 11.7 Å². The first-order chi connectivity index (χ1) is 14.3. The highest BCUT2D eigenvalue weighted by molar-refractivity contribution is 7.10. The average molecular weight is 410 g/mol. The molecule has 0 bridgehead atoms. The van der Waals surface area contributed by atoms with E-state index in [1.807, 2.05) is 41.8 Å². The Labute approximate surface area is 170 Å². The summed E-state index contributed by atoms with van der Waals surface area (Å²) < 4.78 is 25.4. The largest absolute Gasteiger partial charge is 0.491 e. The van der Waals surface area contributed by atoms with E-state index in [9.17, 15) is 0 Å².